The van der Waals surface area contributed by atoms with Crippen LogP contribution in [0.4, 0.5) is 19.1 Å². The predicted octanol–water partition coefficient (Wildman–Crippen LogP) is 5.53. The van der Waals surface area contributed by atoms with Crippen LogP contribution in [0.15, 0.2) is 42.9 Å². The molecule has 0 atom stereocenters. The molecule has 2 heterocycles. The topological polar surface area (TPSA) is 55.6 Å². The second-order valence-electron chi connectivity index (χ2n) is 7.28. The third-order valence-corrected chi connectivity index (χ3v) is 5.29. The van der Waals surface area contributed by atoms with Crippen LogP contribution in [0.5, 0.6) is 0 Å². The molecule has 1 aromatic carbocycles. The highest BCUT2D eigenvalue weighted by Gasteiger charge is 2.21. The zero-order valence-electron chi connectivity index (χ0n) is 15.9. The number of rotatable bonds is 6. The predicted molar refractivity (Wildman–Crippen MR) is 105 cm³/mol. The van der Waals surface area contributed by atoms with Crippen molar-refractivity contribution >= 4 is 5.95 Å². The summed E-state index contributed by atoms with van der Waals surface area (Å²) in [6, 6.07) is 7.16. The average molecular weight is 401 g/mol. The Morgan fingerprint density at radius 1 is 1.03 bits per heavy atom. The van der Waals surface area contributed by atoms with Gasteiger partial charge in [0.1, 0.15) is 12.1 Å². The van der Waals surface area contributed by atoms with E-state index >= 15 is 0 Å². The summed E-state index contributed by atoms with van der Waals surface area (Å²) in [6.45, 7) is -2.01. The van der Waals surface area contributed by atoms with Crippen LogP contribution in [0.1, 0.15) is 38.7 Å². The second kappa shape index (κ2) is 8.63. The summed E-state index contributed by atoms with van der Waals surface area (Å²) in [5, 5.41) is 3.24. The Morgan fingerprint density at radius 3 is 2.52 bits per heavy atom. The zero-order valence-corrected chi connectivity index (χ0v) is 15.9. The maximum absolute atomic E-state index is 13.6. The number of nitrogens with zero attached hydrogens (tertiary/aromatic N) is 4. The molecule has 5 nitrogen and oxygen atoms in total. The van der Waals surface area contributed by atoms with E-state index in [1.165, 1.54) is 56.4 Å². The highest BCUT2D eigenvalue weighted by Crippen LogP contribution is 2.33. The fourth-order valence-electron chi connectivity index (χ4n) is 3.78. The van der Waals surface area contributed by atoms with Crippen LogP contribution in [0.25, 0.3) is 22.6 Å². The van der Waals surface area contributed by atoms with Gasteiger partial charge in [-0.1, -0.05) is 19.3 Å². The molecule has 1 saturated carbocycles. The van der Waals surface area contributed by atoms with E-state index in [2.05, 4.69) is 20.3 Å². The number of benzene rings is 1. The number of alkyl halides is 2. The molecule has 1 aliphatic carbocycles. The normalized spacial score (nSPS) is 15.0. The molecule has 152 valence electrons. The van der Waals surface area contributed by atoms with Gasteiger partial charge in [-0.2, -0.15) is 8.78 Å². The molecule has 1 fully saturated rings. The van der Waals surface area contributed by atoms with Crippen molar-refractivity contribution in [3.05, 3.63) is 48.7 Å². The van der Waals surface area contributed by atoms with Crippen LogP contribution >= 0.6 is 0 Å². The molecule has 0 saturated heterocycles. The maximum Gasteiger partial charge on any atom is 0.320 e. The van der Waals surface area contributed by atoms with E-state index in [1.807, 2.05) is 0 Å². The third kappa shape index (κ3) is 4.41. The van der Waals surface area contributed by atoms with Gasteiger partial charge in [0.05, 0.1) is 17.1 Å². The first-order valence-electron chi connectivity index (χ1n) is 9.80. The molecule has 4 rings (SSSR count). The lowest BCUT2D eigenvalue weighted by Gasteiger charge is -2.21. The van der Waals surface area contributed by atoms with Crippen LogP contribution in [-0.2, 0) is 0 Å². The number of hydrogen-bond acceptors (Lipinski definition) is 4. The van der Waals surface area contributed by atoms with Crippen LogP contribution in [-0.4, -0.2) is 26.1 Å². The summed E-state index contributed by atoms with van der Waals surface area (Å²) in [6.07, 6.45) is 8.74. The zero-order chi connectivity index (χ0) is 20.2. The lowest BCUT2D eigenvalue weighted by atomic mass is 9.89. The van der Waals surface area contributed by atoms with Crippen LogP contribution in [0.2, 0.25) is 0 Å². The van der Waals surface area contributed by atoms with Crippen molar-refractivity contribution in [2.75, 3.05) is 11.9 Å². The third-order valence-electron chi connectivity index (χ3n) is 5.29. The van der Waals surface area contributed by atoms with Crippen molar-refractivity contribution in [1.82, 2.24) is 19.5 Å². The Bertz CT molecular complexity index is 949. The van der Waals surface area contributed by atoms with Gasteiger partial charge in [-0.15, -0.1) is 0 Å². The first-order chi connectivity index (χ1) is 14.1. The molecular formula is C21H22F3N5. The van der Waals surface area contributed by atoms with E-state index < -0.39 is 12.4 Å². The van der Waals surface area contributed by atoms with Gasteiger partial charge in [0, 0.05) is 18.3 Å². The van der Waals surface area contributed by atoms with Crippen molar-refractivity contribution in [3.8, 4) is 22.6 Å². The first kappa shape index (κ1) is 19.4. The second-order valence-corrected chi connectivity index (χ2v) is 7.28. The summed E-state index contributed by atoms with van der Waals surface area (Å²) in [5.74, 6) is 0.581. The van der Waals surface area contributed by atoms with Crippen molar-refractivity contribution in [2.24, 2.45) is 5.92 Å². The molecule has 1 aliphatic rings. The highest BCUT2D eigenvalue weighted by molar-refractivity contribution is 5.77. The molecule has 0 spiro atoms. The molecule has 3 aromatic rings. The standard InChI is InChI=1S/C21H22F3N5/c22-16-8-6-15(7-9-16)18-19(29(13-27-18)20(23)24)17-10-11-25-21(28-17)26-12-14-4-2-1-3-5-14/h6-11,13-14,20H,1-5,12H2,(H,25,26,28). The number of nitrogens with one attached hydrogen (secondary N) is 1. The molecule has 1 N–H and O–H groups in total. The minimum atomic E-state index is -2.78. The number of halogens is 3. The van der Waals surface area contributed by atoms with E-state index in [0.29, 0.717) is 28.8 Å². The van der Waals surface area contributed by atoms with Gasteiger partial charge in [0.2, 0.25) is 5.95 Å². The minimum Gasteiger partial charge on any atom is -0.354 e. The molecule has 0 bridgehead atoms. The average Bonchev–Trinajstić information content (AvgIpc) is 3.19. The van der Waals surface area contributed by atoms with Gasteiger partial charge in [0.25, 0.3) is 0 Å². The fourth-order valence-corrected chi connectivity index (χ4v) is 3.78. The van der Waals surface area contributed by atoms with Crippen LogP contribution in [0, 0.1) is 11.7 Å². The number of anilines is 1. The molecular weight excluding hydrogens is 379 g/mol. The summed E-state index contributed by atoms with van der Waals surface area (Å²) < 4.78 is 41.2. The van der Waals surface area contributed by atoms with Gasteiger partial charge in [-0.05, 0) is 49.1 Å². The molecule has 0 radical (unpaired) electrons. The minimum absolute atomic E-state index is 0.176. The fraction of sp³-hybridized carbons (Fsp3) is 0.381. The summed E-state index contributed by atoms with van der Waals surface area (Å²) in [4.78, 5) is 12.8. The lowest BCUT2D eigenvalue weighted by molar-refractivity contribution is 0.0718. The summed E-state index contributed by atoms with van der Waals surface area (Å²) >= 11 is 0. The molecule has 29 heavy (non-hydrogen) atoms. The number of imidazole rings is 1. The first-order valence-corrected chi connectivity index (χ1v) is 9.80. The molecule has 0 unspecified atom stereocenters. The summed E-state index contributed by atoms with van der Waals surface area (Å²) in [7, 11) is 0. The van der Waals surface area contributed by atoms with E-state index in [4.69, 9.17) is 0 Å². The Balaban J connectivity index is 1.64. The van der Waals surface area contributed by atoms with Gasteiger partial charge in [0.15, 0.2) is 0 Å². The van der Waals surface area contributed by atoms with E-state index in [0.717, 1.165) is 17.4 Å². The summed E-state index contributed by atoms with van der Waals surface area (Å²) in [5.41, 5.74) is 1.37. The number of hydrogen-bond donors (Lipinski definition) is 1. The van der Waals surface area contributed by atoms with Crippen molar-refractivity contribution in [3.63, 3.8) is 0 Å². The van der Waals surface area contributed by atoms with E-state index in [-0.39, 0.29) is 5.69 Å². The smallest absolute Gasteiger partial charge is 0.320 e. The van der Waals surface area contributed by atoms with Gasteiger partial charge >= 0.3 is 6.55 Å². The molecule has 0 amide bonds. The number of aromatic nitrogens is 4. The van der Waals surface area contributed by atoms with E-state index in [1.54, 1.807) is 12.3 Å². The van der Waals surface area contributed by atoms with Crippen molar-refractivity contribution < 1.29 is 13.2 Å². The van der Waals surface area contributed by atoms with Gasteiger partial charge in [-0.25, -0.2) is 19.3 Å². The van der Waals surface area contributed by atoms with Gasteiger partial charge < -0.3 is 5.32 Å². The van der Waals surface area contributed by atoms with E-state index in [9.17, 15) is 13.2 Å². The largest absolute Gasteiger partial charge is 0.354 e. The Hall–Kier alpha value is -2.90. The maximum atomic E-state index is 13.6. The Kier molecular flexibility index (Phi) is 5.78. The SMILES string of the molecule is Fc1ccc(-c2ncn(C(F)F)c2-c2ccnc(NCC3CCCCC3)n2)cc1. The van der Waals surface area contributed by atoms with Crippen LogP contribution < -0.4 is 5.32 Å². The molecule has 0 aliphatic heterocycles. The quantitative estimate of drug-likeness (QED) is 0.590. The molecule has 2 aromatic heterocycles. The Labute approximate surface area is 167 Å². The van der Waals surface area contributed by atoms with Gasteiger partial charge in [-0.3, -0.25) is 4.57 Å². The molecule has 8 heteroatoms. The lowest BCUT2D eigenvalue weighted by Crippen LogP contribution is -2.18. The Morgan fingerprint density at radius 2 is 1.79 bits per heavy atom. The van der Waals surface area contributed by atoms with Crippen molar-refractivity contribution in [1.29, 1.82) is 0 Å². The highest BCUT2D eigenvalue weighted by atomic mass is 19.3. The van der Waals surface area contributed by atoms with Crippen molar-refractivity contribution in [2.45, 2.75) is 38.7 Å². The monoisotopic (exact) mass is 401 g/mol. The van der Waals surface area contributed by atoms with Crippen LogP contribution in [0.3, 0.4) is 0 Å².